The Labute approximate surface area is 186 Å². The Morgan fingerprint density at radius 3 is 1.32 bits per heavy atom. The van der Waals surface area contributed by atoms with Crippen LogP contribution in [0, 0.1) is 0 Å². The van der Waals surface area contributed by atoms with E-state index in [2.05, 4.69) is 15.1 Å². The lowest BCUT2D eigenvalue weighted by atomic mass is 10.3. The summed E-state index contributed by atoms with van der Waals surface area (Å²) in [5.41, 5.74) is 5.66. The van der Waals surface area contributed by atoms with Gasteiger partial charge in [0.25, 0.3) is 0 Å². The molecule has 0 unspecified atom stereocenters. The second kappa shape index (κ2) is 20.2. The zero-order valence-corrected chi connectivity index (χ0v) is 19.5. The monoisotopic (exact) mass is 446 g/mol. The standard InChI is InChI=1S/C21H42N4O6/c1-4-29-19(26)7-13-24(14-8-20(27)30-5-2)17-11-23-12-18-25(16-10-22)15-9-21(28)31-6-3/h23H,4-18,22H2,1-3H3. The summed E-state index contributed by atoms with van der Waals surface area (Å²) in [6, 6.07) is 0. The van der Waals surface area contributed by atoms with Crippen molar-refractivity contribution in [3.8, 4) is 0 Å². The molecule has 0 spiro atoms. The highest BCUT2D eigenvalue weighted by molar-refractivity contribution is 5.70. The van der Waals surface area contributed by atoms with Crippen LogP contribution in [0.2, 0.25) is 0 Å². The van der Waals surface area contributed by atoms with Gasteiger partial charge in [0.15, 0.2) is 0 Å². The van der Waals surface area contributed by atoms with Crippen LogP contribution in [0.3, 0.4) is 0 Å². The highest BCUT2D eigenvalue weighted by atomic mass is 16.5. The van der Waals surface area contributed by atoms with Gasteiger partial charge in [0.1, 0.15) is 0 Å². The molecule has 3 N–H and O–H groups in total. The Morgan fingerprint density at radius 2 is 1.00 bits per heavy atom. The van der Waals surface area contributed by atoms with Crippen molar-refractivity contribution in [3.05, 3.63) is 0 Å². The van der Waals surface area contributed by atoms with Gasteiger partial charge in [-0.3, -0.25) is 14.4 Å². The van der Waals surface area contributed by atoms with Gasteiger partial charge in [0.05, 0.1) is 39.1 Å². The number of nitrogens with one attached hydrogen (secondary N) is 1. The van der Waals surface area contributed by atoms with E-state index in [0.29, 0.717) is 72.1 Å². The zero-order valence-electron chi connectivity index (χ0n) is 19.5. The summed E-state index contributed by atoms with van der Waals surface area (Å²) in [7, 11) is 0. The lowest BCUT2D eigenvalue weighted by Gasteiger charge is -2.23. The van der Waals surface area contributed by atoms with Crippen LogP contribution in [-0.2, 0) is 28.6 Å². The van der Waals surface area contributed by atoms with Gasteiger partial charge < -0.3 is 35.1 Å². The first kappa shape index (κ1) is 29.2. The smallest absolute Gasteiger partial charge is 0.307 e. The van der Waals surface area contributed by atoms with Gasteiger partial charge in [-0.25, -0.2) is 0 Å². The molecule has 0 fully saturated rings. The minimum atomic E-state index is -0.240. The summed E-state index contributed by atoms with van der Waals surface area (Å²) in [5, 5.41) is 3.37. The van der Waals surface area contributed by atoms with Gasteiger partial charge in [-0.2, -0.15) is 0 Å². The summed E-state index contributed by atoms with van der Waals surface area (Å²) in [6.07, 6.45) is 0.924. The maximum Gasteiger partial charge on any atom is 0.307 e. The van der Waals surface area contributed by atoms with Crippen molar-refractivity contribution < 1.29 is 28.6 Å². The van der Waals surface area contributed by atoms with E-state index in [0.717, 1.165) is 13.1 Å². The van der Waals surface area contributed by atoms with Crippen molar-refractivity contribution in [2.24, 2.45) is 5.73 Å². The van der Waals surface area contributed by atoms with Crippen LogP contribution < -0.4 is 11.1 Å². The summed E-state index contributed by atoms with van der Waals surface area (Å²) in [5.74, 6) is -0.678. The molecule has 0 aromatic carbocycles. The van der Waals surface area contributed by atoms with Gasteiger partial charge in [-0.1, -0.05) is 0 Å². The van der Waals surface area contributed by atoms with E-state index in [9.17, 15) is 14.4 Å². The highest BCUT2D eigenvalue weighted by Crippen LogP contribution is 1.98. The van der Waals surface area contributed by atoms with Gasteiger partial charge in [0.2, 0.25) is 0 Å². The first-order valence-electron chi connectivity index (χ1n) is 11.3. The topological polar surface area (TPSA) is 123 Å². The largest absolute Gasteiger partial charge is 0.466 e. The Hall–Kier alpha value is -1.75. The highest BCUT2D eigenvalue weighted by Gasteiger charge is 2.12. The van der Waals surface area contributed by atoms with E-state index in [-0.39, 0.29) is 30.7 Å². The lowest BCUT2D eigenvalue weighted by Crippen LogP contribution is -2.40. The third-order valence-corrected chi connectivity index (χ3v) is 4.47. The maximum atomic E-state index is 11.6. The Kier molecular flexibility index (Phi) is 19.0. The van der Waals surface area contributed by atoms with E-state index >= 15 is 0 Å². The normalized spacial score (nSPS) is 11.0. The molecule has 0 saturated heterocycles. The number of carbonyl (C=O) groups is 3. The van der Waals surface area contributed by atoms with E-state index in [1.165, 1.54) is 0 Å². The van der Waals surface area contributed by atoms with Crippen LogP contribution in [0.1, 0.15) is 40.0 Å². The molecule has 0 amide bonds. The molecule has 0 heterocycles. The Bertz CT molecular complexity index is 470. The Balaban J connectivity index is 4.30. The number of rotatable bonds is 20. The van der Waals surface area contributed by atoms with E-state index in [1.807, 2.05) is 0 Å². The summed E-state index contributed by atoms with van der Waals surface area (Å²) < 4.78 is 14.9. The van der Waals surface area contributed by atoms with Gasteiger partial charge in [0, 0.05) is 58.9 Å². The van der Waals surface area contributed by atoms with Crippen molar-refractivity contribution in [1.29, 1.82) is 0 Å². The molecule has 0 aliphatic rings. The van der Waals surface area contributed by atoms with Crippen molar-refractivity contribution in [2.45, 2.75) is 40.0 Å². The molecule has 0 rings (SSSR count). The molecular formula is C21H42N4O6. The van der Waals surface area contributed by atoms with E-state index in [1.54, 1.807) is 20.8 Å². The lowest BCUT2D eigenvalue weighted by molar-refractivity contribution is -0.144. The van der Waals surface area contributed by atoms with Crippen LogP contribution in [0.4, 0.5) is 0 Å². The SMILES string of the molecule is CCOC(=O)CCN(CCN)CCNCCN(CCC(=O)OCC)CCC(=O)OCC. The second-order valence-electron chi connectivity index (χ2n) is 6.89. The number of nitrogens with zero attached hydrogens (tertiary/aromatic N) is 2. The van der Waals surface area contributed by atoms with Crippen molar-refractivity contribution in [1.82, 2.24) is 15.1 Å². The van der Waals surface area contributed by atoms with E-state index in [4.69, 9.17) is 19.9 Å². The number of hydrogen-bond donors (Lipinski definition) is 2. The third-order valence-electron chi connectivity index (χ3n) is 4.47. The number of carbonyl (C=O) groups excluding carboxylic acids is 3. The molecular weight excluding hydrogens is 404 g/mol. The quantitative estimate of drug-likeness (QED) is 0.150. The van der Waals surface area contributed by atoms with E-state index < -0.39 is 0 Å². The summed E-state index contributed by atoms with van der Waals surface area (Å²) in [6.45, 7) is 12.3. The van der Waals surface area contributed by atoms with Gasteiger partial charge in [-0.15, -0.1) is 0 Å². The summed E-state index contributed by atoms with van der Waals surface area (Å²) in [4.78, 5) is 39.0. The maximum absolute atomic E-state index is 11.6. The van der Waals surface area contributed by atoms with Crippen LogP contribution in [0.25, 0.3) is 0 Å². The number of esters is 3. The first-order valence-corrected chi connectivity index (χ1v) is 11.3. The fraction of sp³-hybridized carbons (Fsp3) is 0.857. The molecule has 0 aliphatic heterocycles. The molecule has 31 heavy (non-hydrogen) atoms. The first-order chi connectivity index (χ1) is 15.0. The van der Waals surface area contributed by atoms with Crippen molar-refractivity contribution >= 4 is 17.9 Å². The molecule has 0 bridgehead atoms. The molecule has 0 radical (unpaired) electrons. The fourth-order valence-electron chi connectivity index (χ4n) is 2.90. The van der Waals surface area contributed by atoms with Gasteiger partial charge >= 0.3 is 17.9 Å². The third kappa shape index (κ3) is 17.6. The molecule has 10 nitrogen and oxygen atoms in total. The molecule has 182 valence electrons. The molecule has 0 aromatic rings. The average Bonchev–Trinajstić information content (AvgIpc) is 2.73. The molecule has 0 aliphatic carbocycles. The van der Waals surface area contributed by atoms with Crippen molar-refractivity contribution in [3.63, 3.8) is 0 Å². The van der Waals surface area contributed by atoms with Crippen LogP contribution in [0.5, 0.6) is 0 Å². The minimum Gasteiger partial charge on any atom is -0.466 e. The minimum absolute atomic E-state index is 0.198. The Morgan fingerprint density at radius 1 is 0.645 bits per heavy atom. The summed E-state index contributed by atoms with van der Waals surface area (Å²) >= 11 is 0. The predicted octanol–water partition coefficient (Wildman–Crippen LogP) is -0.00170. The van der Waals surface area contributed by atoms with Crippen LogP contribution in [-0.4, -0.2) is 106 Å². The fourth-order valence-corrected chi connectivity index (χ4v) is 2.90. The zero-order chi connectivity index (χ0) is 23.3. The van der Waals surface area contributed by atoms with Crippen molar-refractivity contribution in [2.75, 3.05) is 78.7 Å². The molecule has 0 aromatic heterocycles. The predicted molar refractivity (Wildman–Crippen MR) is 119 cm³/mol. The van der Waals surface area contributed by atoms with Crippen LogP contribution >= 0.6 is 0 Å². The van der Waals surface area contributed by atoms with Gasteiger partial charge in [-0.05, 0) is 20.8 Å². The molecule has 0 saturated carbocycles. The average molecular weight is 447 g/mol. The second-order valence-corrected chi connectivity index (χ2v) is 6.89. The number of nitrogens with two attached hydrogens (primary N) is 1. The van der Waals surface area contributed by atoms with Crippen LogP contribution in [0.15, 0.2) is 0 Å². The number of ether oxygens (including phenoxy) is 3. The number of hydrogen-bond acceptors (Lipinski definition) is 10. The molecule has 0 atom stereocenters. The molecule has 10 heteroatoms.